The summed E-state index contributed by atoms with van der Waals surface area (Å²) in [6.45, 7) is 3.04. The van der Waals surface area contributed by atoms with Crippen molar-refractivity contribution in [3.8, 4) is 11.5 Å². The molecule has 20 heavy (non-hydrogen) atoms. The van der Waals surface area contributed by atoms with E-state index in [-0.39, 0.29) is 5.82 Å². The largest absolute Gasteiger partial charge is 0.493 e. The van der Waals surface area contributed by atoms with E-state index in [9.17, 15) is 4.39 Å². The zero-order chi connectivity index (χ0) is 14.4. The Bertz CT molecular complexity index is 572. The molecule has 0 aliphatic rings. The van der Waals surface area contributed by atoms with Crippen molar-refractivity contribution < 1.29 is 13.9 Å². The molecule has 4 heteroatoms. The molecule has 0 bridgehead atoms. The van der Waals surface area contributed by atoms with Crippen molar-refractivity contribution >= 4 is 5.69 Å². The van der Waals surface area contributed by atoms with Gasteiger partial charge in [-0.3, -0.25) is 0 Å². The van der Waals surface area contributed by atoms with Gasteiger partial charge in [-0.25, -0.2) is 4.39 Å². The summed E-state index contributed by atoms with van der Waals surface area (Å²) >= 11 is 0. The van der Waals surface area contributed by atoms with Gasteiger partial charge in [0.15, 0.2) is 11.5 Å². The Kier molecular flexibility index (Phi) is 4.82. The molecule has 0 heterocycles. The summed E-state index contributed by atoms with van der Waals surface area (Å²) in [4.78, 5) is 0. The van der Waals surface area contributed by atoms with Crippen molar-refractivity contribution in [3.63, 3.8) is 0 Å². The minimum absolute atomic E-state index is 0.259. The highest BCUT2D eigenvalue weighted by molar-refractivity contribution is 5.50. The molecule has 0 saturated heterocycles. The van der Waals surface area contributed by atoms with Crippen LogP contribution in [0.2, 0.25) is 0 Å². The topological polar surface area (TPSA) is 30.5 Å². The predicted octanol–water partition coefficient (Wildman–Crippen LogP) is 3.85. The fourth-order valence-electron chi connectivity index (χ4n) is 2.00. The lowest BCUT2D eigenvalue weighted by atomic mass is 10.1. The first kappa shape index (κ1) is 14.2. The van der Waals surface area contributed by atoms with E-state index in [0.717, 1.165) is 11.3 Å². The lowest BCUT2D eigenvalue weighted by Crippen LogP contribution is -2.04. The number of methoxy groups -OCH3 is 1. The van der Waals surface area contributed by atoms with E-state index in [4.69, 9.17) is 9.47 Å². The Hall–Kier alpha value is -2.23. The number of hydrogen-bond donors (Lipinski definition) is 1. The molecular formula is C16H18FNO2. The lowest BCUT2D eigenvalue weighted by Gasteiger charge is -2.14. The van der Waals surface area contributed by atoms with Gasteiger partial charge in [0.1, 0.15) is 5.82 Å². The van der Waals surface area contributed by atoms with Crippen molar-refractivity contribution in [2.75, 3.05) is 19.0 Å². The van der Waals surface area contributed by atoms with E-state index in [2.05, 4.69) is 5.32 Å². The fraction of sp³-hybridized carbons (Fsp3) is 0.250. The number of para-hydroxylation sites is 1. The van der Waals surface area contributed by atoms with Crippen LogP contribution in [0.5, 0.6) is 11.5 Å². The molecule has 0 saturated carbocycles. The van der Waals surface area contributed by atoms with E-state index in [0.29, 0.717) is 24.7 Å². The summed E-state index contributed by atoms with van der Waals surface area (Å²) in [6, 6.07) is 12.1. The van der Waals surface area contributed by atoms with Gasteiger partial charge in [0.05, 0.1) is 13.7 Å². The van der Waals surface area contributed by atoms with Gasteiger partial charge in [0.2, 0.25) is 0 Å². The fourth-order valence-corrected chi connectivity index (χ4v) is 2.00. The third-order valence-corrected chi connectivity index (χ3v) is 2.87. The van der Waals surface area contributed by atoms with E-state index in [1.165, 1.54) is 12.1 Å². The second-order valence-electron chi connectivity index (χ2n) is 4.25. The van der Waals surface area contributed by atoms with Gasteiger partial charge in [0.25, 0.3) is 0 Å². The maximum absolute atomic E-state index is 13.1. The third kappa shape index (κ3) is 3.41. The zero-order valence-electron chi connectivity index (χ0n) is 11.7. The monoisotopic (exact) mass is 275 g/mol. The summed E-state index contributed by atoms with van der Waals surface area (Å²) in [5.74, 6) is 1.16. The minimum atomic E-state index is -0.259. The maximum Gasteiger partial charge on any atom is 0.165 e. The first-order valence-corrected chi connectivity index (χ1v) is 6.52. The number of hydrogen-bond acceptors (Lipinski definition) is 3. The summed E-state index contributed by atoms with van der Waals surface area (Å²) in [5, 5.41) is 3.17. The normalized spacial score (nSPS) is 10.2. The Morgan fingerprint density at radius 1 is 1.15 bits per heavy atom. The highest BCUT2D eigenvalue weighted by Gasteiger charge is 2.09. The van der Waals surface area contributed by atoms with Gasteiger partial charge in [-0.05, 0) is 31.2 Å². The molecule has 3 nitrogen and oxygen atoms in total. The number of rotatable bonds is 6. The molecule has 0 atom stereocenters. The molecule has 106 valence electrons. The number of ether oxygens (including phenoxy) is 2. The van der Waals surface area contributed by atoms with Gasteiger partial charge in [-0.15, -0.1) is 0 Å². The number of anilines is 1. The molecule has 0 unspecified atom stereocenters. The predicted molar refractivity (Wildman–Crippen MR) is 77.9 cm³/mol. The molecule has 2 aromatic carbocycles. The van der Waals surface area contributed by atoms with Crippen molar-refractivity contribution in [1.82, 2.24) is 0 Å². The van der Waals surface area contributed by atoms with E-state index < -0.39 is 0 Å². The molecule has 0 fully saturated rings. The molecule has 1 N–H and O–H groups in total. The van der Waals surface area contributed by atoms with Crippen LogP contribution in [-0.4, -0.2) is 13.7 Å². The van der Waals surface area contributed by atoms with Crippen LogP contribution in [0.3, 0.4) is 0 Å². The zero-order valence-corrected chi connectivity index (χ0v) is 11.7. The average Bonchev–Trinajstić information content (AvgIpc) is 2.45. The first-order valence-electron chi connectivity index (χ1n) is 6.52. The van der Waals surface area contributed by atoms with Crippen molar-refractivity contribution in [3.05, 3.63) is 53.8 Å². The highest BCUT2D eigenvalue weighted by atomic mass is 19.1. The summed E-state index contributed by atoms with van der Waals surface area (Å²) in [5.41, 5.74) is 1.69. The second kappa shape index (κ2) is 6.80. The van der Waals surface area contributed by atoms with E-state index in [1.807, 2.05) is 31.2 Å². The molecule has 0 spiro atoms. The molecule has 0 aliphatic carbocycles. The first-order chi connectivity index (χ1) is 9.74. The quantitative estimate of drug-likeness (QED) is 0.868. The summed E-state index contributed by atoms with van der Waals surface area (Å²) < 4.78 is 24.0. The van der Waals surface area contributed by atoms with Gasteiger partial charge >= 0.3 is 0 Å². The van der Waals surface area contributed by atoms with Crippen LogP contribution in [0.4, 0.5) is 10.1 Å². The van der Waals surface area contributed by atoms with E-state index in [1.54, 1.807) is 13.2 Å². The number of benzene rings is 2. The highest BCUT2D eigenvalue weighted by Crippen LogP contribution is 2.31. The third-order valence-electron chi connectivity index (χ3n) is 2.87. The summed E-state index contributed by atoms with van der Waals surface area (Å²) in [6.07, 6.45) is 0. The summed E-state index contributed by atoms with van der Waals surface area (Å²) in [7, 11) is 1.61. The van der Waals surface area contributed by atoms with Gasteiger partial charge in [-0.2, -0.15) is 0 Å². The molecule has 0 amide bonds. The molecule has 0 aliphatic heterocycles. The smallest absolute Gasteiger partial charge is 0.165 e. The molecule has 0 radical (unpaired) electrons. The second-order valence-corrected chi connectivity index (χ2v) is 4.25. The molecule has 0 aromatic heterocycles. The van der Waals surface area contributed by atoms with Crippen molar-refractivity contribution in [1.29, 1.82) is 0 Å². The maximum atomic E-state index is 13.1. The number of nitrogens with one attached hydrogen (secondary N) is 1. The Balaban J connectivity index is 2.14. The van der Waals surface area contributed by atoms with Gasteiger partial charge in [-0.1, -0.05) is 18.2 Å². The average molecular weight is 275 g/mol. The molecular weight excluding hydrogens is 257 g/mol. The Labute approximate surface area is 118 Å². The van der Waals surface area contributed by atoms with Crippen LogP contribution >= 0.6 is 0 Å². The number of halogens is 1. The van der Waals surface area contributed by atoms with Crippen molar-refractivity contribution in [2.24, 2.45) is 0 Å². The van der Waals surface area contributed by atoms with Crippen LogP contribution in [0.1, 0.15) is 12.5 Å². The minimum Gasteiger partial charge on any atom is -0.493 e. The van der Waals surface area contributed by atoms with Crippen molar-refractivity contribution in [2.45, 2.75) is 13.5 Å². The van der Waals surface area contributed by atoms with Crippen LogP contribution in [0, 0.1) is 5.82 Å². The van der Waals surface area contributed by atoms with Crippen LogP contribution in [0.15, 0.2) is 42.5 Å². The van der Waals surface area contributed by atoms with Crippen LogP contribution < -0.4 is 14.8 Å². The van der Waals surface area contributed by atoms with E-state index >= 15 is 0 Å². The van der Waals surface area contributed by atoms with Gasteiger partial charge in [0, 0.05) is 17.8 Å². The molecule has 2 aromatic rings. The van der Waals surface area contributed by atoms with Crippen LogP contribution in [-0.2, 0) is 6.54 Å². The SMILES string of the molecule is CCOc1cccc(CNc2cccc(F)c2)c1OC. The Morgan fingerprint density at radius 2 is 1.95 bits per heavy atom. The van der Waals surface area contributed by atoms with Crippen LogP contribution in [0.25, 0.3) is 0 Å². The molecule has 2 rings (SSSR count). The Morgan fingerprint density at radius 3 is 2.65 bits per heavy atom. The standard InChI is InChI=1S/C16H18FNO2/c1-3-20-15-9-4-6-12(16(15)19-2)11-18-14-8-5-7-13(17)10-14/h4-10,18H,3,11H2,1-2H3. The van der Waals surface area contributed by atoms with Gasteiger partial charge < -0.3 is 14.8 Å². The lowest BCUT2D eigenvalue weighted by molar-refractivity contribution is 0.309.